The Hall–Kier alpha value is -1.85. The van der Waals surface area contributed by atoms with Crippen LogP contribution in [0, 0.1) is 0 Å². The quantitative estimate of drug-likeness (QED) is 0.810. The first-order valence-electron chi connectivity index (χ1n) is 5.78. The van der Waals surface area contributed by atoms with Crippen LogP contribution >= 0.6 is 0 Å². The summed E-state index contributed by atoms with van der Waals surface area (Å²) in [5, 5.41) is 9.60. The van der Waals surface area contributed by atoms with E-state index in [0.29, 0.717) is 19.0 Å². The summed E-state index contributed by atoms with van der Waals surface area (Å²) in [6, 6.07) is 11.3. The highest BCUT2D eigenvalue weighted by Gasteiger charge is 2.27. The van der Waals surface area contributed by atoms with Crippen LogP contribution in [0.15, 0.2) is 42.6 Å². The molecule has 1 aliphatic rings. The summed E-state index contributed by atoms with van der Waals surface area (Å²) in [5.74, 6) is 0.712. The minimum atomic E-state index is -0.835. The number of aromatic nitrogens is 1. The molecule has 2 aromatic rings. The first-order chi connectivity index (χ1) is 8.83. The average molecular weight is 241 g/mol. The van der Waals surface area contributed by atoms with Gasteiger partial charge in [-0.25, -0.2) is 0 Å². The van der Waals surface area contributed by atoms with Crippen molar-refractivity contribution in [3.63, 3.8) is 0 Å². The lowest BCUT2D eigenvalue weighted by Crippen LogP contribution is -2.27. The Morgan fingerprint density at radius 1 is 1.33 bits per heavy atom. The van der Waals surface area contributed by atoms with Gasteiger partial charge in [0.15, 0.2) is 0 Å². The predicted molar refractivity (Wildman–Crippen MR) is 67.4 cm³/mol. The molecule has 0 radical (unpaired) electrons. The maximum absolute atomic E-state index is 9.60. The standard InChI is InChI=1S/C13H12BNO3/c16-14-13-7-12(5-4-10(13)8-18-14)17-9-11-3-1-2-6-15-11/h1-7,16H,8-9H2. The number of hydrogen-bond donors (Lipinski definition) is 1. The topological polar surface area (TPSA) is 51.6 Å². The second kappa shape index (κ2) is 4.80. The summed E-state index contributed by atoms with van der Waals surface area (Å²) >= 11 is 0. The fourth-order valence-electron chi connectivity index (χ4n) is 1.92. The number of benzene rings is 1. The number of pyridine rings is 1. The van der Waals surface area contributed by atoms with Crippen molar-refractivity contribution >= 4 is 12.6 Å². The van der Waals surface area contributed by atoms with E-state index in [1.165, 1.54) is 0 Å². The fourth-order valence-corrected chi connectivity index (χ4v) is 1.92. The largest absolute Gasteiger partial charge is 0.491 e. The van der Waals surface area contributed by atoms with Crippen LogP contribution in [0.2, 0.25) is 0 Å². The van der Waals surface area contributed by atoms with E-state index in [1.807, 2.05) is 36.4 Å². The molecule has 4 nitrogen and oxygen atoms in total. The first kappa shape index (κ1) is 11.3. The molecule has 0 bridgehead atoms. The second-order valence-corrected chi connectivity index (χ2v) is 4.13. The van der Waals surface area contributed by atoms with E-state index in [1.54, 1.807) is 6.20 Å². The maximum Gasteiger partial charge on any atom is 0.491 e. The molecule has 3 rings (SSSR count). The molecule has 0 aliphatic carbocycles. The highest BCUT2D eigenvalue weighted by Crippen LogP contribution is 2.17. The number of ether oxygens (including phenoxy) is 1. The van der Waals surface area contributed by atoms with Crippen molar-refractivity contribution in [1.82, 2.24) is 4.98 Å². The molecule has 18 heavy (non-hydrogen) atoms. The van der Waals surface area contributed by atoms with Crippen LogP contribution < -0.4 is 10.2 Å². The highest BCUT2D eigenvalue weighted by atomic mass is 16.5. The van der Waals surface area contributed by atoms with E-state index in [-0.39, 0.29) is 0 Å². The second-order valence-electron chi connectivity index (χ2n) is 4.13. The third-order valence-corrected chi connectivity index (χ3v) is 2.89. The van der Waals surface area contributed by atoms with Gasteiger partial charge in [-0.3, -0.25) is 4.98 Å². The normalized spacial score (nSPS) is 13.5. The smallest absolute Gasteiger partial charge is 0.487 e. The van der Waals surface area contributed by atoms with Gasteiger partial charge < -0.3 is 14.4 Å². The number of fused-ring (bicyclic) bond motifs is 1. The molecule has 1 aromatic heterocycles. The van der Waals surface area contributed by atoms with E-state index in [4.69, 9.17) is 9.39 Å². The van der Waals surface area contributed by atoms with E-state index in [0.717, 1.165) is 16.7 Å². The molecule has 1 aromatic carbocycles. The molecule has 0 amide bonds. The summed E-state index contributed by atoms with van der Waals surface area (Å²) in [6.45, 7) is 0.869. The average Bonchev–Trinajstić information content (AvgIpc) is 2.79. The molecule has 0 atom stereocenters. The third kappa shape index (κ3) is 2.23. The lowest BCUT2D eigenvalue weighted by molar-refractivity contribution is 0.275. The van der Waals surface area contributed by atoms with Crippen LogP contribution in [0.5, 0.6) is 5.75 Å². The predicted octanol–water partition coefficient (Wildman–Crippen LogP) is 0.878. The Kier molecular flexibility index (Phi) is 3.00. The summed E-state index contributed by atoms with van der Waals surface area (Å²) in [7, 11) is -0.835. The molecule has 0 saturated carbocycles. The number of rotatable bonds is 3. The van der Waals surface area contributed by atoms with Gasteiger partial charge in [0.05, 0.1) is 12.3 Å². The van der Waals surface area contributed by atoms with Crippen LogP contribution in [-0.4, -0.2) is 17.1 Å². The Balaban J connectivity index is 1.72. The van der Waals surface area contributed by atoms with Crippen molar-refractivity contribution in [3.05, 3.63) is 53.9 Å². The van der Waals surface area contributed by atoms with Crippen molar-refractivity contribution < 1.29 is 14.4 Å². The van der Waals surface area contributed by atoms with E-state index in [9.17, 15) is 5.02 Å². The van der Waals surface area contributed by atoms with Gasteiger partial charge in [0.2, 0.25) is 0 Å². The molecule has 0 fully saturated rings. The number of nitrogens with zero attached hydrogens (tertiary/aromatic N) is 1. The summed E-state index contributed by atoms with van der Waals surface area (Å²) in [6.07, 6.45) is 1.74. The third-order valence-electron chi connectivity index (χ3n) is 2.89. The fraction of sp³-hybridized carbons (Fsp3) is 0.154. The molecule has 90 valence electrons. The SMILES string of the molecule is OB1OCc2ccc(OCc3ccccn3)cc21. The summed E-state index contributed by atoms with van der Waals surface area (Å²) in [4.78, 5) is 4.18. The minimum absolute atomic E-state index is 0.413. The van der Waals surface area contributed by atoms with Crippen LogP contribution in [0.1, 0.15) is 11.3 Å². The molecule has 5 heteroatoms. The van der Waals surface area contributed by atoms with Gasteiger partial charge in [-0.2, -0.15) is 0 Å². The lowest BCUT2D eigenvalue weighted by Gasteiger charge is -2.07. The van der Waals surface area contributed by atoms with Crippen LogP contribution in [0.25, 0.3) is 0 Å². The molecule has 1 N–H and O–H groups in total. The van der Waals surface area contributed by atoms with E-state index in [2.05, 4.69) is 4.98 Å². The first-order valence-corrected chi connectivity index (χ1v) is 5.78. The summed E-state index contributed by atoms with van der Waals surface area (Å²) in [5.41, 5.74) is 2.66. The van der Waals surface area contributed by atoms with Gasteiger partial charge in [0, 0.05) is 6.20 Å². The van der Waals surface area contributed by atoms with Crippen LogP contribution in [0.3, 0.4) is 0 Å². The minimum Gasteiger partial charge on any atom is -0.487 e. The monoisotopic (exact) mass is 241 g/mol. The molecule has 0 unspecified atom stereocenters. The van der Waals surface area contributed by atoms with Crippen LogP contribution in [-0.2, 0) is 17.9 Å². The van der Waals surface area contributed by atoms with Gasteiger partial charge in [-0.05, 0) is 35.3 Å². The molecular weight excluding hydrogens is 229 g/mol. The molecule has 1 aliphatic heterocycles. The lowest BCUT2D eigenvalue weighted by atomic mass is 9.79. The van der Waals surface area contributed by atoms with Gasteiger partial charge in [-0.15, -0.1) is 0 Å². The van der Waals surface area contributed by atoms with Gasteiger partial charge >= 0.3 is 7.12 Å². The zero-order chi connectivity index (χ0) is 12.4. The summed E-state index contributed by atoms with van der Waals surface area (Å²) < 4.78 is 10.8. The van der Waals surface area contributed by atoms with Gasteiger partial charge in [0.25, 0.3) is 0 Å². The zero-order valence-electron chi connectivity index (χ0n) is 9.74. The molecule has 2 heterocycles. The zero-order valence-corrected chi connectivity index (χ0v) is 9.74. The van der Waals surface area contributed by atoms with Gasteiger partial charge in [0.1, 0.15) is 12.4 Å². The van der Waals surface area contributed by atoms with E-state index < -0.39 is 7.12 Å². The van der Waals surface area contributed by atoms with Crippen molar-refractivity contribution in [1.29, 1.82) is 0 Å². The Morgan fingerprint density at radius 3 is 3.11 bits per heavy atom. The maximum atomic E-state index is 9.60. The molecular formula is C13H12BNO3. The van der Waals surface area contributed by atoms with E-state index >= 15 is 0 Å². The van der Waals surface area contributed by atoms with Crippen LogP contribution in [0.4, 0.5) is 0 Å². The molecule has 0 saturated heterocycles. The van der Waals surface area contributed by atoms with Crippen molar-refractivity contribution in [3.8, 4) is 5.75 Å². The Labute approximate surface area is 105 Å². The van der Waals surface area contributed by atoms with Gasteiger partial charge in [-0.1, -0.05) is 12.1 Å². The number of hydrogen-bond acceptors (Lipinski definition) is 4. The Morgan fingerprint density at radius 2 is 2.28 bits per heavy atom. The van der Waals surface area contributed by atoms with Crippen molar-refractivity contribution in [2.75, 3.05) is 0 Å². The Bertz CT molecular complexity index is 547. The molecule has 0 spiro atoms. The van der Waals surface area contributed by atoms with Crippen molar-refractivity contribution in [2.24, 2.45) is 0 Å². The van der Waals surface area contributed by atoms with Crippen molar-refractivity contribution in [2.45, 2.75) is 13.2 Å². The highest BCUT2D eigenvalue weighted by molar-refractivity contribution is 6.61.